The van der Waals surface area contributed by atoms with Crippen LogP contribution in [0.2, 0.25) is 0 Å². The molecule has 10 aromatic rings. The summed E-state index contributed by atoms with van der Waals surface area (Å²) in [7, 11) is 0. The standard InChI is InChI=1S/C64H45N/c1-63(2)55-26-13-9-22-49(55)52-39-37-47(41-60(52)63)65(46-36-38-48(44-20-7-4-8-21-44)54(40-46)45-34-32-43(33-35-45)42-18-5-3-6-19-42)61-31-17-30-59-62(61)53-25-12-16-29-58(53)64(59)56-27-14-10-23-50(56)51-24-11-15-28-57(51)64/h3-41H,1-2H3. The SMILES string of the molecule is CC1(C)c2ccccc2-c2ccc(N(c3ccc(-c4ccccc4)c(-c4ccc(-c5ccccc5)cc4)c3)c3cccc4c3-c3ccccc3C43c4ccccc4-c4ccccc43)cc21. The molecule has 0 bridgehead atoms. The first kappa shape index (κ1) is 37.5. The average Bonchev–Trinajstić information content (AvgIpc) is 3.93. The fraction of sp³-hybridized carbons (Fsp3) is 0.0625. The second kappa shape index (κ2) is 14.3. The van der Waals surface area contributed by atoms with Gasteiger partial charge >= 0.3 is 0 Å². The maximum atomic E-state index is 2.55. The maximum absolute atomic E-state index is 2.55. The minimum Gasteiger partial charge on any atom is -0.310 e. The van der Waals surface area contributed by atoms with Crippen LogP contribution in [-0.4, -0.2) is 0 Å². The van der Waals surface area contributed by atoms with Crippen molar-refractivity contribution in [2.45, 2.75) is 24.7 Å². The molecule has 0 aromatic heterocycles. The van der Waals surface area contributed by atoms with Crippen molar-refractivity contribution in [3.8, 4) is 66.8 Å². The molecule has 0 radical (unpaired) electrons. The molecule has 1 spiro atoms. The van der Waals surface area contributed by atoms with Crippen molar-refractivity contribution in [2.24, 2.45) is 0 Å². The number of benzene rings is 10. The molecule has 306 valence electrons. The Bertz CT molecular complexity index is 3460. The van der Waals surface area contributed by atoms with Gasteiger partial charge in [-0.15, -0.1) is 0 Å². The predicted octanol–water partition coefficient (Wildman–Crippen LogP) is 16.8. The van der Waals surface area contributed by atoms with E-state index in [9.17, 15) is 0 Å². The third-order valence-corrected chi connectivity index (χ3v) is 14.7. The Kier molecular flexibility index (Phi) is 8.24. The third kappa shape index (κ3) is 5.39. The van der Waals surface area contributed by atoms with Gasteiger partial charge in [-0.25, -0.2) is 0 Å². The van der Waals surface area contributed by atoms with Crippen molar-refractivity contribution in [3.63, 3.8) is 0 Å². The molecule has 1 nitrogen and oxygen atoms in total. The molecule has 3 aliphatic rings. The summed E-state index contributed by atoms with van der Waals surface area (Å²) in [6.07, 6.45) is 0. The summed E-state index contributed by atoms with van der Waals surface area (Å²) in [5, 5.41) is 0. The lowest BCUT2D eigenvalue weighted by molar-refractivity contribution is 0.660. The molecule has 0 heterocycles. The normalized spacial score (nSPS) is 13.9. The Morgan fingerprint density at radius 2 is 0.708 bits per heavy atom. The van der Waals surface area contributed by atoms with Crippen LogP contribution in [0.5, 0.6) is 0 Å². The zero-order chi connectivity index (χ0) is 43.3. The van der Waals surface area contributed by atoms with Crippen LogP contribution in [0, 0.1) is 0 Å². The quantitative estimate of drug-likeness (QED) is 0.161. The first-order valence-electron chi connectivity index (χ1n) is 22.8. The molecule has 65 heavy (non-hydrogen) atoms. The van der Waals surface area contributed by atoms with Gasteiger partial charge in [0.1, 0.15) is 0 Å². The molecule has 0 N–H and O–H groups in total. The highest BCUT2D eigenvalue weighted by atomic mass is 15.1. The zero-order valence-electron chi connectivity index (χ0n) is 36.5. The molecule has 0 saturated carbocycles. The molecule has 13 rings (SSSR count). The summed E-state index contributed by atoms with van der Waals surface area (Å²) in [5.74, 6) is 0. The number of rotatable bonds is 6. The third-order valence-electron chi connectivity index (χ3n) is 14.7. The summed E-state index contributed by atoms with van der Waals surface area (Å²) < 4.78 is 0. The van der Waals surface area contributed by atoms with Crippen LogP contribution < -0.4 is 4.90 Å². The Labute approximate surface area is 381 Å². The van der Waals surface area contributed by atoms with E-state index in [1.807, 2.05) is 0 Å². The van der Waals surface area contributed by atoms with Crippen molar-refractivity contribution in [3.05, 3.63) is 270 Å². The summed E-state index contributed by atoms with van der Waals surface area (Å²) in [6, 6.07) is 88.3. The van der Waals surface area contributed by atoms with E-state index in [2.05, 4.69) is 255 Å². The molecular weight excluding hydrogens is 783 g/mol. The highest BCUT2D eigenvalue weighted by Crippen LogP contribution is 2.65. The van der Waals surface area contributed by atoms with E-state index in [1.165, 1.54) is 106 Å². The number of fused-ring (bicyclic) bond motifs is 13. The fourth-order valence-corrected chi connectivity index (χ4v) is 11.8. The molecule has 0 unspecified atom stereocenters. The van der Waals surface area contributed by atoms with E-state index < -0.39 is 5.41 Å². The molecule has 0 atom stereocenters. The molecule has 0 saturated heterocycles. The lowest BCUT2D eigenvalue weighted by Crippen LogP contribution is -2.26. The first-order valence-corrected chi connectivity index (χ1v) is 22.8. The van der Waals surface area contributed by atoms with Gasteiger partial charge in [0.2, 0.25) is 0 Å². The van der Waals surface area contributed by atoms with Gasteiger partial charge in [-0.1, -0.05) is 220 Å². The summed E-state index contributed by atoms with van der Waals surface area (Å²) >= 11 is 0. The number of anilines is 3. The van der Waals surface area contributed by atoms with Gasteiger partial charge in [0.05, 0.1) is 11.1 Å². The lowest BCUT2D eigenvalue weighted by Gasteiger charge is -2.32. The minimum absolute atomic E-state index is 0.164. The van der Waals surface area contributed by atoms with Crippen molar-refractivity contribution in [2.75, 3.05) is 4.90 Å². The number of hydrogen-bond acceptors (Lipinski definition) is 1. The van der Waals surface area contributed by atoms with Crippen LogP contribution in [-0.2, 0) is 10.8 Å². The number of hydrogen-bond donors (Lipinski definition) is 0. The lowest BCUT2D eigenvalue weighted by atomic mass is 9.70. The van der Waals surface area contributed by atoms with Crippen molar-refractivity contribution in [1.82, 2.24) is 0 Å². The summed E-state index contributed by atoms with van der Waals surface area (Å²) in [5.41, 5.74) is 25.9. The van der Waals surface area contributed by atoms with Crippen LogP contribution in [0.25, 0.3) is 66.8 Å². The number of nitrogens with zero attached hydrogens (tertiary/aromatic N) is 1. The topological polar surface area (TPSA) is 3.24 Å². The largest absolute Gasteiger partial charge is 0.310 e. The Morgan fingerprint density at radius 3 is 1.35 bits per heavy atom. The van der Waals surface area contributed by atoms with E-state index in [1.54, 1.807) is 0 Å². The van der Waals surface area contributed by atoms with Gasteiger partial charge in [0.25, 0.3) is 0 Å². The van der Waals surface area contributed by atoms with E-state index >= 15 is 0 Å². The van der Waals surface area contributed by atoms with Gasteiger partial charge in [0, 0.05) is 22.4 Å². The van der Waals surface area contributed by atoms with Crippen LogP contribution in [0.4, 0.5) is 17.1 Å². The van der Waals surface area contributed by atoms with Crippen LogP contribution in [0.1, 0.15) is 47.2 Å². The highest BCUT2D eigenvalue weighted by Gasteiger charge is 2.52. The summed E-state index contributed by atoms with van der Waals surface area (Å²) in [4.78, 5) is 2.55. The van der Waals surface area contributed by atoms with Gasteiger partial charge < -0.3 is 4.90 Å². The first-order chi connectivity index (χ1) is 32.0. The van der Waals surface area contributed by atoms with E-state index in [0.29, 0.717) is 0 Å². The van der Waals surface area contributed by atoms with E-state index in [4.69, 9.17) is 0 Å². The molecule has 0 aliphatic heterocycles. The van der Waals surface area contributed by atoms with Crippen LogP contribution >= 0.6 is 0 Å². The van der Waals surface area contributed by atoms with E-state index in [0.717, 1.165) is 11.4 Å². The second-order valence-corrected chi connectivity index (χ2v) is 18.4. The van der Waals surface area contributed by atoms with Gasteiger partial charge in [-0.3, -0.25) is 0 Å². The molecular formula is C64H45N. The summed E-state index contributed by atoms with van der Waals surface area (Å²) in [6.45, 7) is 4.76. The minimum atomic E-state index is -0.453. The molecule has 3 aliphatic carbocycles. The van der Waals surface area contributed by atoms with E-state index in [-0.39, 0.29) is 5.41 Å². The Hall–Kier alpha value is -8.00. The van der Waals surface area contributed by atoms with Crippen molar-refractivity contribution >= 4 is 17.1 Å². The van der Waals surface area contributed by atoms with Crippen molar-refractivity contribution in [1.29, 1.82) is 0 Å². The smallest absolute Gasteiger partial charge is 0.0726 e. The molecule has 1 heteroatoms. The Morgan fingerprint density at radius 1 is 0.277 bits per heavy atom. The van der Waals surface area contributed by atoms with Gasteiger partial charge in [-0.2, -0.15) is 0 Å². The van der Waals surface area contributed by atoms with Crippen LogP contribution in [0.3, 0.4) is 0 Å². The fourth-order valence-electron chi connectivity index (χ4n) is 11.8. The molecule has 0 fully saturated rings. The van der Waals surface area contributed by atoms with Gasteiger partial charge in [-0.05, 0) is 125 Å². The van der Waals surface area contributed by atoms with Gasteiger partial charge in [0.15, 0.2) is 0 Å². The maximum Gasteiger partial charge on any atom is 0.0726 e. The molecule has 10 aromatic carbocycles. The predicted molar refractivity (Wildman–Crippen MR) is 271 cm³/mol. The Balaban J connectivity index is 1.08. The average molecular weight is 828 g/mol. The monoisotopic (exact) mass is 827 g/mol. The second-order valence-electron chi connectivity index (χ2n) is 18.4. The highest BCUT2D eigenvalue weighted by molar-refractivity contribution is 6.02. The molecule has 0 amide bonds. The van der Waals surface area contributed by atoms with Crippen LogP contribution in [0.15, 0.2) is 237 Å². The zero-order valence-corrected chi connectivity index (χ0v) is 36.5. The van der Waals surface area contributed by atoms with Crippen molar-refractivity contribution < 1.29 is 0 Å².